The Hall–Kier alpha value is -2.73. The third-order valence-corrected chi connectivity index (χ3v) is 6.08. The van der Waals surface area contributed by atoms with Crippen molar-refractivity contribution in [1.82, 2.24) is 14.9 Å². The normalized spacial score (nSPS) is 18.9. The molecule has 4 rings (SSSR count). The Morgan fingerprint density at radius 1 is 1.14 bits per heavy atom. The summed E-state index contributed by atoms with van der Waals surface area (Å²) in [5.41, 5.74) is 6.05. The molecular weight excluding hydrogens is 383 g/mol. The van der Waals surface area contributed by atoms with Crippen molar-refractivity contribution >= 4 is 23.0 Å². The fraction of sp³-hybridized carbons (Fsp3) is 0.304. The van der Waals surface area contributed by atoms with Gasteiger partial charge >= 0.3 is 0 Å². The molecular formula is C23H25FN4S. The molecule has 1 N–H and O–H groups in total. The highest BCUT2D eigenvalue weighted by Crippen LogP contribution is 2.43. The molecule has 0 radical (unpaired) electrons. The zero-order valence-electron chi connectivity index (χ0n) is 17.1. The Morgan fingerprint density at radius 3 is 2.55 bits per heavy atom. The van der Waals surface area contributed by atoms with E-state index in [1.807, 2.05) is 24.3 Å². The van der Waals surface area contributed by atoms with Crippen LogP contribution in [0.4, 0.5) is 10.1 Å². The first-order valence-corrected chi connectivity index (χ1v) is 10.3. The van der Waals surface area contributed by atoms with Crippen molar-refractivity contribution in [3.8, 4) is 0 Å². The van der Waals surface area contributed by atoms with Crippen LogP contribution in [0.3, 0.4) is 0 Å². The van der Waals surface area contributed by atoms with Gasteiger partial charge in [-0.3, -0.25) is 4.98 Å². The maximum Gasteiger partial charge on any atom is 0.174 e. The smallest absolute Gasteiger partial charge is 0.174 e. The molecule has 0 saturated carbocycles. The lowest BCUT2D eigenvalue weighted by atomic mass is 9.96. The largest absolute Gasteiger partial charge is 0.351 e. The molecule has 3 aromatic rings. The number of hydrogen-bond donors (Lipinski definition) is 1. The van der Waals surface area contributed by atoms with Crippen molar-refractivity contribution in [2.45, 2.75) is 46.3 Å². The first-order valence-electron chi connectivity index (χ1n) is 9.85. The molecule has 1 aliphatic rings. The van der Waals surface area contributed by atoms with Gasteiger partial charge in [-0.25, -0.2) is 4.39 Å². The van der Waals surface area contributed by atoms with Crippen LogP contribution in [0, 0.1) is 26.6 Å². The van der Waals surface area contributed by atoms with Crippen LogP contribution in [0.5, 0.6) is 0 Å². The number of anilines is 1. The maximum absolute atomic E-state index is 13.9. The van der Waals surface area contributed by atoms with E-state index in [0.29, 0.717) is 10.7 Å². The van der Waals surface area contributed by atoms with Gasteiger partial charge in [0, 0.05) is 29.8 Å². The molecule has 1 aliphatic heterocycles. The van der Waals surface area contributed by atoms with E-state index in [2.05, 4.69) is 46.6 Å². The molecule has 0 bridgehead atoms. The summed E-state index contributed by atoms with van der Waals surface area (Å²) < 4.78 is 16.2. The number of rotatable bonds is 4. The lowest BCUT2D eigenvalue weighted by molar-refractivity contribution is 0.562. The van der Waals surface area contributed by atoms with Crippen LogP contribution in [-0.4, -0.2) is 14.7 Å². The predicted octanol–water partition coefficient (Wildman–Crippen LogP) is 5.14. The molecule has 2 atom stereocenters. The second-order valence-corrected chi connectivity index (χ2v) is 7.89. The molecule has 6 heteroatoms. The van der Waals surface area contributed by atoms with Crippen LogP contribution in [0.25, 0.3) is 0 Å². The molecule has 1 saturated heterocycles. The van der Waals surface area contributed by atoms with Gasteiger partial charge in [0.25, 0.3) is 0 Å². The lowest BCUT2D eigenvalue weighted by Gasteiger charge is -2.28. The van der Waals surface area contributed by atoms with E-state index in [9.17, 15) is 4.39 Å². The number of nitrogens with zero attached hydrogens (tertiary/aromatic N) is 3. The van der Waals surface area contributed by atoms with Gasteiger partial charge in [-0.1, -0.05) is 6.07 Å². The van der Waals surface area contributed by atoms with Crippen LogP contribution in [-0.2, 0) is 6.54 Å². The van der Waals surface area contributed by atoms with E-state index >= 15 is 0 Å². The summed E-state index contributed by atoms with van der Waals surface area (Å²) in [4.78, 5) is 6.69. The summed E-state index contributed by atoms with van der Waals surface area (Å²) in [5.74, 6) is -0.214. The van der Waals surface area contributed by atoms with E-state index in [-0.39, 0.29) is 17.9 Å². The van der Waals surface area contributed by atoms with Gasteiger partial charge in [-0.2, -0.15) is 0 Å². The quantitative estimate of drug-likeness (QED) is 0.606. The zero-order valence-corrected chi connectivity index (χ0v) is 17.9. The van der Waals surface area contributed by atoms with Crippen molar-refractivity contribution < 1.29 is 4.39 Å². The number of aromatic nitrogens is 2. The standard InChI is InChI=1S/C23H25FN4S/c1-5-27-15(3)13-18(16(27)4)22-21(20-8-6-7-11-25-20)26-23(29)28(22)17-9-10-19(24)14(2)12-17/h6-13,21-22H,5H2,1-4H3,(H,26,29)/t21-,22+/m0/s1. The molecule has 2 aromatic heterocycles. The first-order chi connectivity index (χ1) is 13.9. The molecule has 0 amide bonds. The fourth-order valence-electron chi connectivity index (χ4n) is 4.34. The predicted molar refractivity (Wildman–Crippen MR) is 119 cm³/mol. The molecule has 3 heterocycles. The van der Waals surface area contributed by atoms with Crippen LogP contribution >= 0.6 is 12.2 Å². The van der Waals surface area contributed by atoms with Gasteiger partial charge < -0.3 is 14.8 Å². The summed E-state index contributed by atoms with van der Waals surface area (Å²) in [5, 5.41) is 4.09. The van der Waals surface area contributed by atoms with Crippen molar-refractivity contribution in [2.75, 3.05) is 4.90 Å². The molecule has 0 unspecified atom stereocenters. The van der Waals surface area contributed by atoms with Gasteiger partial charge in [0.1, 0.15) is 5.82 Å². The van der Waals surface area contributed by atoms with E-state index in [1.165, 1.54) is 23.0 Å². The Balaban J connectivity index is 1.89. The number of hydrogen-bond acceptors (Lipinski definition) is 2. The van der Waals surface area contributed by atoms with Gasteiger partial charge in [0.15, 0.2) is 5.11 Å². The zero-order chi connectivity index (χ0) is 20.7. The van der Waals surface area contributed by atoms with Crippen LogP contribution in [0.1, 0.15) is 47.2 Å². The van der Waals surface area contributed by atoms with Gasteiger partial charge in [0.05, 0.1) is 17.8 Å². The summed E-state index contributed by atoms with van der Waals surface area (Å²) >= 11 is 5.75. The monoisotopic (exact) mass is 408 g/mol. The molecule has 4 nitrogen and oxygen atoms in total. The number of thiocarbonyl (C=S) groups is 1. The number of benzene rings is 1. The number of halogens is 1. The highest BCUT2D eigenvalue weighted by Gasteiger charge is 2.42. The molecule has 29 heavy (non-hydrogen) atoms. The van der Waals surface area contributed by atoms with E-state index in [4.69, 9.17) is 12.2 Å². The SMILES string of the molecule is CCn1c(C)cc([C@@H]2[C@H](c3ccccn3)NC(=S)N2c2ccc(F)c(C)c2)c1C. The third-order valence-electron chi connectivity index (χ3n) is 5.77. The minimum Gasteiger partial charge on any atom is -0.351 e. The molecule has 1 aromatic carbocycles. The average Bonchev–Trinajstić information content (AvgIpc) is 3.20. The van der Waals surface area contributed by atoms with Crippen molar-refractivity contribution in [2.24, 2.45) is 0 Å². The lowest BCUT2D eigenvalue weighted by Crippen LogP contribution is -2.29. The summed E-state index contributed by atoms with van der Waals surface area (Å²) in [7, 11) is 0. The Morgan fingerprint density at radius 2 is 1.93 bits per heavy atom. The summed E-state index contributed by atoms with van der Waals surface area (Å²) in [6.45, 7) is 9.12. The Bertz CT molecular complexity index is 1060. The molecule has 1 fully saturated rings. The minimum absolute atomic E-state index is 0.0752. The van der Waals surface area contributed by atoms with Crippen molar-refractivity contribution in [3.05, 3.63) is 82.7 Å². The third kappa shape index (κ3) is 3.31. The molecule has 0 aliphatic carbocycles. The highest BCUT2D eigenvalue weighted by molar-refractivity contribution is 7.80. The maximum atomic E-state index is 13.9. The number of aryl methyl sites for hydroxylation is 2. The Kier molecular flexibility index (Phi) is 5.13. The first kappa shape index (κ1) is 19.6. The number of pyridine rings is 1. The van der Waals surface area contributed by atoms with Crippen LogP contribution in [0.2, 0.25) is 0 Å². The van der Waals surface area contributed by atoms with E-state index in [1.54, 1.807) is 19.2 Å². The second kappa shape index (κ2) is 7.59. The van der Waals surface area contributed by atoms with Crippen molar-refractivity contribution in [3.63, 3.8) is 0 Å². The minimum atomic E-state index is -0.214. The van der Waals surface area contributed by atoms with Gasteiger partial charge in [0.2, 0.25) is 0 Å². The highest BCUT2D eigenvalue weighted by atomic mass is 32.1. The number of nitrogens with one attached hydrogen (secondary N) is 1. The molecule has 0 spiro atoms. The average molecular weight is 409 g/mol. The van der Waals surface area contributed by atoms with Gasteiger partial charge in [-0.15, -0.1) is 0 Å². The van der Waals surface area contributed by atoms with E-state index < -0.39 is 0 Å². The topological polar surface area (TPSA) is 33.1 Å². The van der Waals surface area contributed by atoms with E-state index in [0.717, 1.165) is 17.9 Å². The summed E-state index contributed by atoms with van der Waals surface area (Å²) in [6.07, 6.45) is 1.80. The summed E-state index contributed by atoms with van der Waals surface area (Å²) in [6, 6.07) is 13.1. The molecule has 150 valence electrons. The van der Waals surface area contributed by atoms with Crippen LogP contribution < -0.4 is 10.2 Å². The second-order valence-electron chi connectivity index (χ2n) is 7.50. The van der Waals surface area contributed by atoms with Gasteiger partial charge in [-0.05, 0) is 87.4 Å². The Labute approximate surface area is 176 Å². The fourth-order valence-corrected chi connectivity index (χ4v) is 4.69. The van der Waals surface area contributed by atoms with Crippen molar-refractivity contribution in [1.29, 1.82) is 0 Å². The van der Waals surface area contributed by atoms with Crippen LogP contribution in [0.15, 0.2) is 48.7 Å².